The van der Waals surface area contributed by atoms with Crippen molar-refractivity contribution in [1.82, 2.24) is 4.67 Å². The monoisotopic (exact) mass is 279 g/mol. The smallest absolute Gasteiger partial charge is 0.277 e. The summed E-state index contributed by atoms with van der Waals surface area (Å²) in [6.07, 6.45) is 1.96. The second-order valence-electron chi connectivity index (χ2n) is 5.26. The molecule has 0 aromatic heterocycles. The molecule has 0 aliphatic carbocycles. The zero-order valence-corrected chi connectivity index (χ0v) is 12.7. The standard InChI is InChI=1S/C15H22NO2P/c1-5-11-19(17)16(12(2)3)13(4)15(18-19)14-9-7-6-8-10-14/h5-10,12-13,15H,1,11H2,2-4H3/t13-,15+,19?/m0/s1. The molecule has 0 N–H and O–H groups in total. The summed E-state index contributed by atoms with van der Waals surface area (Å²) in [4.78, 5) is 0. The summed E-state index contributed by atoms with van der Waals surface area (Å²) in [5.74, 6) is 0. The summed E-state index contributed by atoms with van der Waals surface area (Å²) in [5.41, 5.74) is 1.09. The van der Waals surface area contributed by atoms with Crippen LogP contribution in [0.3, 0.4) is 0 Å². The molecule has 1 aromatic carbocycles. The van der Waals surface area contributed by atoms with E-state index in [1.807, 2.05) is 35.0 Å². The van der Waals surface area contributed by atoms with E-state index in [2.05, 4.69) is 27.4 Å². The van der Waals surface area contributed by atoms with Gasteiger partial charge >= 0.3 is 0 Å². The highest BCUT2D eigenvalue weighted by molar-refractivity contribution is 7.57. The van der Waals surface area contributed by atoms with Crippen molar-refractivity contribution in [1.29, 1.82) is 0 Å². The predicted octanol–water partition coefficient (Wildman–Crippen LogP) is 4.24. The molecular formula is C15H22NO2P. The topological polar surface area (TPSA) is 29.5 Å². The summed E-state index contributed by atoms with van der Waals surface area (Å²) in [5, 5.41) is 0. The van der Waals surface area contributed by atoms with Crippen molar-refractivity contribution in [3.8, 4) is 0 Å². The lowest BCUT2D eigenvalue weighted by atomic mass is 10.0. The minimum Gasteiger partial charge on any atom is -0.307 e. The summed E-state index contributed by atoms with van der Waals surface area (Å²) < 4.78 is 21.0. The summed E-state index contributed by atoms with van der Waals surface area (Å²) in [6, 6.07) is 10.3. The lowest BCUT2D eigenvalue weighted by molar-refractivity contribution is 0.197. The van der Waals surface area contributed by atoms with Crippen molar-refractivity contribution in [3.63, 3.8) is 0 Å². The van der Waals surface area contributed by atoms with E-state index in [1.54, 1.807) is 6.08 Å². The van der Waals surface area contributed by atoms with E-state index < -0.39 is 7.52 Å². The van der Waals surface area contributed by atoms with Gasteiger partial charge in [0.2, 0.25) is 0 Å². The Morgan fingerprint density at radius 1 is 1.42 bits per heavy atom. The van der Waals surface area contributed by atoms with Gasteiger partial charge in [0.05, 0.1) is 6.16 Å². The van der Waals surface area contributed by atoms with Gasteiger partial charge in [-0.3, -0.25) is 4.57 Å². The Bertz CT molecular complexity index is 486. The summed E-state index contributed by atoms with van der Waals surface area (Å²) in [6.45, 7) is 9.91. The van der Waals surface area contributed by atoms with Gasteiger partial charge in [-0.15, -0.1) is 6.58 Å². The van der Waals surface area contributed by atoms with E-state index in [-0.39, 0.29) is 18.2 Å². The Balaban J connectivity index is 2.36. The first-order valence-electron chi connectivity index (χ1n) is 6.71. The Kier molecular flexibility index (Phi) is 4.29. The lowest BCUT2D eigenvalue weighted by Gasteiger charge is -2.29. The van der Waals surface area contributed by atoms with Crippen LogP contribution in [0, 0.1) is 0 Å². The van der Waals surface area contributed by atoms with Crippen LogP contribution in [0.4, 0.5) is 0 Å². The summed E-state index contributed by atoms with van der Waals surface area (Å²) >= 11 is 0. The van der Waals surface area contributed by atoms with E-state index in [4.69, 9.17) is 4.52 Å². The average Bonchev–Trinajstić information content (AvgIpc) is 2.62. The van der Waals surface area contributed by atoms with Crippen LogP contribution < -0.4 is 0 Å². The Hall–Kier alpha value is -0.890. The van der Waals surface area contributed by atoms with Crippen molar-refractivity contribution in [3.05, 3.63) is 48.6 Å². The molecule has 19 heavy (non-hydrogen) atoms. The van der Waals surface area contributed by atoms with Gasteiger partial charge in [-0.05, 0) is 26.3 Å². The first kappa shape index (κ1) is 14.5. The molecule has 104 valence electrons. The fourth-order valence-corrected chi connectivity index (χ4v) is 5.58. The molecule has 2 rings (SSSR count). The normalized spacial score (nSPS) is 31.8. The number of nitrogens with zero attached hydrogens (tertiary/aromatic N) is 1. The van der Waals surface area contributed by atoms with Crippen LogP contribution in [0.15, 0.2) is 43.0 Å². The van der Waals surface area contributed by atoms with E-state index in [9.17, 15) is 4.57 Å². The zero-order chi connectivity index (χ0) is 14.0. The van der Waals surface area contributed by atoms with Crippen LogP contribution in [-0.4, -0.2) is 22.9 Å². The molecular weight excluding hydrogens is 257 g/mol. The van der Waals surface area contributed by atoms with E-state index in [0.717, 1.165) is 5.56 Å². The second kappa shape index (κ2) is 5.62. The molecule has 0 amide bonds. The first-order valence-corrected chi connectivity index (χ1v) is 8.48. The molecule has 0 radical (unpaired) electrons. The van der Waals surface area contributed by atoms with E-state index in [0.29, 0.717) is 6.16 Å². The van der Waals surface area contributed by atoms with Gasteiger partial charge in [-0.2, -0.15) is 0 Å². The van der Waals surface area contributed by atoms with Gasteiger partial charge < -0.3 is 4.52 Å². The molecule has 1 aliphatic heterocycles. The van der Waals surface area contributed by atoms with E-state index >= 15 is 0 Å². The Labute approximate surface area is 115 Å². The molecule has 1 unspecified atom stereocenters. The zero-order valence-electron chi connectivity index (χ0n) is 11.8. The fraction of sp³-hybridized carbons (Fsp3) is 0.467. The molecule has 3 nitrogen and oxygen atoms in total. The van der Waals surface area contributed by atoms with Crippen molar-refractivity contribution < 1.29 is 9.09 Å². The third kappa shape index (κ3) is 2.69. The van der Waals surface area contributed by atoms with Crippen molar-refractivity contribution in [2.75, 3.05) is 6.16 Å². The second-order valence-corrected chi connectivity index (χ2v) is 7.57. The van der Waals surface area contributed by atoms with Crippen LogP contribution in [0.1, 0.15) is 32.4 Å². The van der Waals surface area contributed by atoms with Crippen molar-refractivity contribution >= 4 is 7.52 Å². The molecule has 1 aliphatic rings. The molecule has 3 atom stereocenters. The minimum atomic E-state index is -2.80. The van der Waals surface area contributed by atoms with E-state index in [1.165, 1.54) is 0 Å². The van der Waals surface area contributed by atoms with Gasteiger partial charge in [-0.1, -0.05) is 36.4 Å². The number of rotatable bonds is 4. The quantitative estimate of drug-likeness (QED) is 0.610. The van der Waals surface area contributed by atoms with Crippen LogP contribution in [0.5, 0.6) is 0 Å². The minimum absolute atomic E-state index is 0.105. The van der Waals surface area contributed by atoms with Crippen LogP contribution in [-0.2, 0) is 9.09 Å². The molecule has 0 saturated carbocycles. The third-order valence-corrected chi connectivity index (χ3v) is 6.31. The van der Waals surface area contributed by atoms with Gasteiger partial charge in [0.15, 0.2) is 0 Å². The maximum atomic E-state index is 13.0. The van der Waals surface area contributed by atoms with Crippen LogP contribution in [0.2, 0.25) is 0 Å². The van der Waals surface area contributed by atoms with Gasteiger partial charge in [0, 0.05) is 12.1 Å². The molecule has 1 heterocycles. The molecule has 4 heteroatoms. The largest absolute Gasteiger partial charge is 0.307 e. The average molecular weight is 279 g/mol. The number of hydrogen-bond donors (Lipinski definition) is 0. The highest BCUT2D eigenvalue weighted by atomic mass is 31.2. The maximum Gasteiger partial charge on any atom is 0.277 e. The van der Waals surface area contributed by atoms with Crippen LogP contribution in [0.25, 0.3) is 0 Å². The fourth-order valence-electron chi connectivity index (χ4n) is 2.84. The highest BCUT2D eigenvalue weighted by Crippen LogP contribution is 2.63. The predicted molar refractivity (Wildman–Crippen MR) is 79.4 cm³/mol. The SMILES string of the molecule is C=CCP1(=O)O[C@@H](c2ccccc2)[C@H](C)N1C(C)C. The molecule has 0 bridgehead atoms. The third-order valence-electron chi connectivity index (χ3n) is 3.50. The van der Waals surface area contributed by atoms with Gasteiger partial charge in [0.1, 0.15) is 6.10 Å². The molecule has 1 saturated heterocycles. The van der Waals surface area contributed by atoms with Gasteiger partial charge in [-0.25, -0.2) is 4.67 Å². The molecule has 1 fully saturated rings. The molecule has 1 aromatic rings. The summed E-state index contributed by atoms with van der Waals surface area (Å²) in [7, 11) is -2.80. The Morgan fingerprint density at radius 2 is 2.05 bits per heavy atom. The van der Waals surface area contributed by atoms with Crippen molar-refractivity contribution in [2.45, 2.75) is 39.0 Å². The molecule has 0 spiro atoms. The highest BCUT2D eigenvalue weighted by Gasteiger charge is 2.48. The number of benzene rings is 1. The van der Waals surface area contributed by atoms with Crippen LogP contribution >= 0.6 is 7.52 Å². The maximum absolute atomic E-state index is 13.0. The van der Waals surface area contributed by atoms with Gasteiger partial charge in [0.25, 0.3) is 7.52 Å². The Morgan fingerprint density at radius 3 is 2.58 bits per heavy atom. The lowest BCUT2D eigenvalue weighted by Crippen LogP contribution is -2.33. The first-order chi connectivity index (χ1) is 8.99. The number of allylic oxidation sites excluding steroid dienone is 1. The number of hydrogen-bond acceptors (Lipinski definition) is 2. The van der Waals surface area contributed by atoms with Crippen molar-refractivity contribution in [2.24, 2.45) is 0 Å².